The molecular weight excluding hydrogens is 435 g/mol. The van der Waals surface area contributed by atoms with Crippen LogP contribution in [-0.4, -0.2) is 9.78 Å². The molecule has 15 heavy (non-hydrogen) atoms. The zero-order chi connectivity index (χ0) is 10.8. The van der Waals surface area contributed by atoms with Crippen LogP contribution in [0.15, 0.2) is 35.1 Å². The van der Waals surface area contributed by atoms with Gasteiger partial charge in [0, 0.05) is 16.0 Å². The number of hydrogen-bond donors (Lipinski definition) is 0. The molecule has 1 heterocycles. The Morgan fingerprint density at radius 3 is 2.73 bits per heavy atom. The fourth-order valence-electron chi connectivity index (χ4n) is 1.23. The highest BCUT2D eigenvalue weighted by atomic mass is 127. The number of benzene rings is 1. The molecule has 2 rings (SSSR count). The Morgan fingerprint density at radius 2 is 2.20 bits per heavy atom. The Bertz CT molecular complexity index is 482. The van der Waals surface area contributed by atoms with Crippen LogP contribution in [0.5, 0.6) is 0 Å². The molecule has 0 amide bonds. The lowest BCUT2D eigenvalue weighted by atomic mass is 10.2. The molecule has 1 aromatic heterocycles. The molecule has 0 atom stereocenters. The van der Waals surface area contributed by atoms with E-state index in [9.17, 15) is 0 Å². The maximum Gasteiger partial charge on any atom is 0.0657 e. The van der Waals surface area contributed by atoms with Crippen molar-refractivity contribution in [2.45, 2.75) is 5.33 Å². The van der Waals surface area contributed by atoms with Crippen LogP contribution in [0.4, 0.5) is 0 Å². The number of rotatable bonds is 2. The summed E-state index contributed by atoms with van der Waals surface area (Å²) in [5, 5.41) is 5.11. The molecule has 1 aromatic carbocycles. The number of nitrogens with zero attached hydrogens (tertiary/aromatic N) is 2. The third kappa shape index (κ3) is 2.62. The van der Waals surface area contributed by atoms with E-state index >= 15 is 0 Å². The molecule has 2 aromatic rings. The van der Waals surface area contributed by atoms with Crippen molar-refractivity contribution in [2.24, 2.45) is 0 Å². The maximum absolute atomic E-state index is 4.26. The van der Waals surface area contributed by atoms with Crippen LogP contribution >= 0.6 is 54.5 Å². The summed E-state index contributed by atoms with van der Waals surface area (Å²) in [6, 6.07) is 6.22. The van der Waals surface area contributed by atoms with Crippen molar-refractivity contribution in [3.05, 3.63) is 44.2 Å². The van der Waals surface area contributed by atoms with E-state index < -0.39 is 0 Å². The van der Waals surface area contributed by atoms with Crippen molar-refractivity contribution in [1.82, 2.24) is 9.78 Å². The second kappa shape index (κ2) is 4.97. The fourth-order valence-corrected chi connectivity index (χ4v) is 2.99. The van der Waals surface area contributed by atoms with Gasteiger partial charge in [-0.25, -0.2) is 4.68 Å². The van der Waals surface area contributed by atoms with E-state index in [1.807, 2.05) is 17.1 Å². The van der Waals surface area contributed by atoms with Gasteiger partial charge in [0.25, 0.3) is 0 Å². The van der Waals surface area contributed by atoms with Crippen LogP contribution < -0.4 is 0 Å². The van der Waals surface area contributed by atoms with Crippen molar-refractivity contribution < 1.29 is 0 Å². The second-order valence-corrected chi connectivity index (χ2v) is 5.67. The zero-order valence-electron chi connectivity index (χ0n) is 7.62. The molecule has 2 nitrogen and oxygen atoms in total. The Labute approximate surface area is 118 Å². The highest BCUT2D eigenvalue weighted by molar-refractivity contribution is 14.1. The number of hydrogen-bond acceptors (Lipinski definition) is 1. The van der Waals surface area contributed by atoms with Crippen molar-refractivity contribution in [1.29, 1.82) is 0 Å². The number of halogens is 3. The van der Waals surface area contributed by atoms with Gasteiger partial charge in [-0.2, -0.15) is 5.10 Å². The molecule has 0 saturated heterocycles. The van der Waals surface area contributed by atoms with Crippen LogP contribution in [0.25, 0.3) is 5.69 Å². The molecular formula is C10H7Br2IN2. The lowest BCUT2D eigenvalue weighted by Crippen LogP contribution is -1.94. The topological polar surface area (TPSA) is 17.8 Å². The van der Waals surface area contributed by atoms with E-state index in [0.29, 0.717) is 0 Å². The van der Waals surface area contributed by atoms with Crippen LogP contribution in [-0.2, 0) is 5.33 Å². The summed E-state index contributed by atoms with van der Waals surface area (Å²) < 4.78 is 4.10. The van der Waals surface area contributed by atoms with Gasteiger partial charge >= 0.3 is 0 Å². The molecule has 5 heteroatoms. The summed E-state index contributed by atoms with van der Waals surface area (Å²) in [5.41, 5.74) is 2.30. The van der Waals surface area contributed by atoms with E-state index in [4.69, 9.17) is 0 Å². The monoisotopic (exact) mass is 440 g/mol. The van der Waals surface area contributed by atoms with Crippen LogP contribution in [0.1, 0.15) is 5.56 Å². The molecule has 78 valence electrons. The first-order valence-corrected chi connectivity index (χ1v) is 7.25. The summed E-state index contributed by atoms with van der Waals surface area (Å²) in [7, 11) is 0. The van der Waals surface area contributed by atoms with Gasteiger partial charge in [0.2, 0.25) is 0 Å². The third-order valence-electron chi connectivity index (χ3n) is 2.00. The summed E-state index contributed by atoms with van der Waals surface area (Å²) in [6.45, 7) is 0. The van der Waals surface area contributed by atoms with Gasteiger partial charge in [-0.1, -0.05) is 37.9 Å². The van der Waals surface area contributed by atoms with E-state index in [1.165, 1.54) is 5.56 Å². The molecule has 0 aliphatic carbocycles. The smallest absolute Gasteiger partial charge is 0.0657 e. The molecule has 0 spiro atoms. The Morgan fingerprint density at radius 1 is 1.40 bits per heavy atom. The second-order valence-electron chi connectivity index (χ2n) is 3.01. The van der Waals surface area contributed by atoms with Gasteiger partial charge in [0.1, 0.15) is 0 Å². The maximum atomic E-state index is 4.26. The predicted octanol–water partition coefficient (Wildman–Crippen LogP) is 4.13. The Balaban J connectivity index is 2.42. The molecule has 0 saturated carbocycles. The van der Waals surface area contributed by atoms with Crippen LogP contribution in [0.3, 0.4) is 0 Å². The Hall–Kier alpha value is 0.120. The van der Waals surface area contributed by atoms with Crippen molar-refractivity contribution in [2.75, 3.05) is 0 Å². The van der Waals surface area contributed by atoms with Gasteiger partial charge in [-0.15, -0.1) is 0 Å². The summed E-state index contributed by atoms with van der Waals surface area (Å²) >= 11 is 9.23. The molecule has 0 aliphatic rings. The minimum Gasteiger partial charge on any atom is -0.240 e. The SMILES string of the molecule is BrCc1ccc(-n2cc(I)cn2)cc1Br. The van der Waals surface area contributed by atoms with Gasteiger partial charge in [0.15, 0.2) is 0 Å². The van der Waals surface area contributed by atoms with Gasteiger partial charge in [0.05, 0.1) is 15.5 Å². The zero-order valence-corrected chi connectivity index (χ0v) is 13.0. The minimum absolute atomic E-state index is 0.852. The minimum atomic E-state index is 0.852. The first-order valence-electron chi connectivity index (χ1n) is 4.25. The summed E-state index contributed by atoms with van der Waals surface area (Å²) in [5.74, 6) is 0. The van der Waals surface area contributed by atoms with Gasteiger partial charge in [-0.05, 0) is 40.3 Å². The normalized spacial score (nSPS) is 10.6. The molecule has 0 N–H and O–H groups in total. The average molecular weight is 442 g/mol. The van der Waals surface area contributed by atoms with E-state index in [0.717, 1.165) is 19.1 Å². The quantitative estimate of drug-likeness (QED) is 0.506. The van der Waals surface area contributed by atoms with E-state index in [1.54, 1.807) is 0 Å². The molecule has 0 aliphatic heterocycles. The standard InChI is InChI=1S/C10H7Br2IN2/c11-4-7-1-2-9(3-10(7)12)15-6-8(13)5-14-15/h1-3,5-6H,4H2. The number of aromatic nitrogens is 2. The van der Waals surface area contributed by atoms with E-state index in [-0.39, 0.29) is 0 Å². The molecule has 0 fully saturated rings. The lowest BCUT2D eigenvalue weighted by Gasteiger charge is -2.04. The van der Waals surface area contributed by atoms with Gasteiger partial charge in [-0.3, -0.25) is 0 Å². The van der Waals surface area contributed by atoms with Gasteiger partial charge < -0.3 is 0 Å². The molecule has 0 radical (unpaired) electrons. The first-order chi connectivity index (χ1) is 7.20. The fraction of sp³-hybridized carbons (Fsp3) is 0.100. The predicted molar refractivity (Wildman–Crippen MR) is 76.6 cm³/mol. The van der Waals surface area contributed by atoms with Crippen LogP contribution in [0, 0.1) is 3.57 Å². The highest BCUT2D eigenvalue weighted by Gasteiger charge is 2.03. The van der Waals surface area contributed by atoms with Crippen molar-refractivity contribution in [3.8, 4) is 5.69 Å². The van der Waals surface area contributed by atoms with Crippen molar-refractivity contribution in [3.63, 3.8) is 0 Å². The van der Waals surface area contributed by atoms with Crippen molar-refractivity contribution >= 4 is 54.5 Å². The molecule has 0 unspecified atom stereocenters. The third-order valence-corrected chi connectivity index (χ3v) is 3.90. The molecule has 0 bridgehead atoms. The summed E-state index contributed by atoms with van der Waals surface area (Å²) in [4.78, 5) is 0. The highest BCUT2D eigenvalue weighted by Crippen LogP contribution is 2.22. The summed E-state index contributed by atoms with van der Waals surface area (Å²) in [6.07, 6.45) is 3.84. The largest absolute Gasteiger partial charge is 0.240 e. The van der Waals surface area contributed by atoms with Crippen LogP contribution in [0.2, 0.25) is 0 Å². The van der Waals surface area contributed by atoms with E-state index in [2.05, 4.69) is 77.7 Å². The lowest BCUT2D eigenvalue weighted by molar-refractivity contribution is 0.879. The Kier molecular flexibility index (Phi) is 3.84. The first kappa shape index (κ1) is 11.6. The number of alkyl halides is 1. The average Bonchev–Trinajstić information content (AvgIpc) is 2.65.